The van der Waals surface area contributed by atoms with Crippen LogP contribution >= 0.6 is 0 Å². The first-order valence-corrected chi connectivity index (χ1v) is 9.65. The van der Waals surface area contributed by atoms with Crippen LogP contribution in [0, 0.1) is 11.3 Å². The maximum absolute atomic E-state index is 12.3. The number of nitrogens with zero attached hydrogens (tertiary/aromatic N) is 3. The number of carbonyl (C=O) groups excluding carboxylic acids is 1. The second-order valence-corrected chi connectivity index (χ2v) is 8.22. The van der Waals surface area contributed by atoms with Crippen LogP contribution in [0.5, 0.6) is 5.75 Å². The van der Waals surface area contributed by atoms with E-state index in [-0.39, 0.29) is 0 Å². The van der Waals surface area contributed by atoms with Crippen LogP contribution in [0.15, 0.2) is 18.3 Å². The molecule has 25 heavy (non-hydrogen) atoms. The molecule has 1 aromatic heterocycles. The Hall–Kier alpha value is -1.62. The molecule has 0 N–H and O–H groups in total. The van der Waals surface area contributed by atoms with E-state index in [0.29, 0.717) is 11.3 Å². The normalized spacial score (nSPS) is 27.7. The SMILES string of the molecule is COc1ccnc(CN2CCC[C@]3(CCC(=O)N(CC4CC4)C3)C2)c1. The minimum Gasteiger partial charge on any atom is -0.497 e. The average molecular weight is 343 g/mol. The highest BCUT2D eigenvalue weighted by Gasteiger charge is 2.42. The molecule has 0 bridgehead atoms. The molecule has 3 fully saturated rings. The zero-order valence-corrected chi connectivity index (χ0v) is 15.2. The second-order valence-electron chi connectivity index (χ2n) is 8.22. The first-order valence-electron chi connectivity index (χ1n) is 9.65. The van der Waals surface area contributed by atoms with Crippen molar-refractivity contribution in [2.24, 2.45) is 11.3 Å². The van der Waals surface area contributed by atoms with Crippen LogP contribution in [0.1, 0.15) is 44.2 Å². The van der Waals surface area contributed by atoms with Crippen LogP contribution in [-0.4, -0.2) is 54.0 Å². The zero-order valence-electron chi connectivity index (χ0n) is 15.2. The molecule has 3 heterocycles. The summed E-state index contributed by atoms with van der Waals surface area (Å²) < 4.78 is 5.32. The maximum Gasteiger partial charge on any atom is 0.222 e. The van der Waals surface area contributed by atoms with Crippen LogP contribution in [-0.2, 0) is 11.3 Å². The van der Waals surface area contributed by atoms with Gasteiger partial charge in [-0.25, -0.2) is 0 Å². The van der Waals surface area contributed by atoms with Crippen LogP contribution in [0.3, 0.4) is 0 Å². The van der Waals surface area contributed by atoms with Gasteiger partial charge in [0, 0.05) is 50.3 Å². The van der Waals surface area contributed by atoms with Gasteiger partial charge < -0.3 is 9.64 Å². The third kappa shape index (κ3) is 3.97. The number of aromatic nitrogens is 1. The summed E-state index contributed by atoms with van der Waals surface area (Å²) in [5.41, 5.74) is 1.36. The molecule has 2 saturated heterocycles. The number of amides is 1. The summed E-state index contributed by atoms with van der Waals surface area (Å²) in [6, 6.07) is 3.93. The van der Waals surface area contributed by atoms with Crippen LogP contribution < -0.4 is 4.74 Å². The smallest absolute Gasteiger partial charge is 0.222 e. The first kappa shape index (κ1) is 16.8. The van der Waals surface area contributed by atoms with Crippen LogP contribution in [0.4, 0.5) is 0 Å². The largest absolute Gasteiger partial charge is 0.497 e. The molecule has 1 aliphatic carbocycles. The highest BCUT2D eigenvalue weighted by Crippen LogP contribution is 2.41. The average Bonchev–Trinajstić information content (AvgIpc) is 3.43. The third-order valence-corrected chi connectivity index (χ3v) is 6.07. The maximum atomic E-state index is 12.3. The molecule has 1 aromatic rings. The number of piperidine rings is 2. The van der Waals surface area contributed by atoms with Crippen molar-refractivity contribution >= 4 is 5.91 Å². The summed E-state index contributed by atoms with van der Waals surface area (Å²) >= 11 is 0. The van der Waals surface area contributed by atoms with Gasteiger partial charge in [0.05, 0.1) is 12.8 Å². The Bertz CT molecular complexity index is 631. The molecule has 2 aliphatic heterocycles. The molecular formula is C20H29N3O2. The molecule has 1 amide bonds. The van der Waals surface area contributed by atoms with Gasteiger partial charge in [-0.05, 0) is 50.6 Å². The highest BCUT2D eigenvalue weighted by atomic mass is 16.5. The van der Waals surface area contributed by atoms with Gasteiger partial charge >= 0.3 is 0 Å². The fourth-order valence-corrected chi connectivity index (χ4v) is 4.56. The molecule has 4 rings (SSSR count). The first-order chi connectivity index (χ1) is 12.2. The highest BCUT2D eigenvalue weighted by molar-refractivity contribution is 5.77. The van der Waals surface area contributed by atoms with E-state index >= 15 is 0 Å². The Morgan fingerprint density at radius 1 is 1.32 bits per heavy atom. The molecule has 5 heteroatoms. The van der Waals surface area contributed by atoms with Crippen LogP contribution in [0.25, 0.3) is 0 Å². The predicted molar refractivity (Wildman–Crippen MR) is 96.3 cm³/mol. The molecule has 5 nitrogen and oxygen atoms in total. The molecule has 3 aliphatic rings. The van der Waals surface area contributed by atoms with E-state index in [4.69, 9.17) is 4.74 Å². The molecule has 136 valence electrons. The fourth-order valence-electron chi connectivity index (χ4n) is 4.56. The van der Waals surface area contributed by atoms with Crippen molar-refractivity contribution in [1.29, 1.82) is 0 Å². The molecule has 1 spiro atoms. The Labute approximate surface area is 150 Å². The lowest BCUT2D eigenvalue weighted by Gasteiger charge is -2.48. The number of hydrogen-bond donors (Lipinski definition) is 0. The quantitative estimate of drug-likeness (QED) is 0.825. The minimum absolute atomic E-state index is 0.292. The summed E-state index contributed by atoms with van der Waals surface area (Å²) in [6.45, 7) is 5.04. The van der Waals surface area contributed by atoms with Gasteiger partial charge in [0.25, 0.3) is 0 Å². The van der Waals surface area contributed by atoms with Crippen molar-refractivity contribution in [3.05, 3.63) is 24.0 Å². The monoisotopic (exact) mass is 343 g/mol. The summed E-state index contributed by atoms with van der Waals surface area (Å²) in [5.74, 6) is 2.03. The lowest BCUT2D eigenvalue weighted by atomic mass is 9.73. The number of rotatable bonds is 5. The van der Waals surface area contributed by atoms with E-state index in [1.807, 2.05) is 18.3 Å². The molecule has 0 radical (unpaired) electrons. The predicted octanol–water partition coefficient (Wildman–Crippen LogP) is 2.70. The van der Waals surface area contributed by atoms with Gasteiger partial charge in [0.2, 0.25) is 5.91 Å². The Morgan fingerprint density at radius 2 is 2.20 bits per heavy atom. The van der Waals surface area contributed by atoms with Gasteiger partial charge in [-0.15, -0.1) is 0 Å². The van der Waals surface area contributed by atoms with Crippen molar-refractivity contribution in [2.45, 2.75) is 45.1 Å². The van der Waals surface area contributed by atoms with E-state index in [1.165, 1.54) is 25.7 Å². The number of methoxy groups -OCH3 is 1. The van der Waals surface area contributed by atoms with E-state index in [1.54, 1.807) is 7.11 Å². The van der Waals surface area contributed by atoms with E-state index < -0.39 is 0 Å². The lowest BCUT2D eigenvalue weighted by Crippen LogP contribution is -2.54. The molecule has 0 aromatic carbocycles. The second kappa shape index (κ2) is 6.94. The Kier molecular flexibility index (Phi) is 4.67. The number of carbonyl (C=O) groups is 1. The topological polar surface area (TPSA) is 45.7 Å². The number of hydrogen-bond acceptors (Lipinski definition) is 4. The summed E-state index contributed by atoms with van der Waals surface area (Å²) in [5, 5.41) is 0. The van der Waals surface area contributed by atoms with Gasteiger partial charge in [0.15, 0.2) is 0 Å². The standard InChI is InChI=1S/C20H29N3O2/c1-25-18-6-9-21-17(11-18)13-22-10-2-7-20(14-22)8-5-19(24)23(15-20)12-16-3-4-16/h6,9,11,16H,2-5,7-8,10,12-15H2,1H3/t20-/m0/s1. The molecule has 0 unspecified atom stereocenters. The number of likely N-dealkylation sites (tertiary alicyclic amines) is 2. The fraction of sp³-hybridized carbons (Fsp3) is 0.700. The van der Waals surface area contributed by atoms with E-state index in [9.17, 15) is 4.79 Å². The van der Waals surface area contributed by atoms with E-state index in [0.717, 1.165) is 62.9 Å². The summed E-state index contributed by atoms with van der Waals surface area (Å²) in [4.78, 5) is 21.5. The third-order valence-electron chi connectivity index (χ3n) is 6.07. The molecular weight excluding hydrogens is 314 g/mol. The summed E-state index contributed by atoms with van der Waals surface area (Å²) in [7, 11) is 1.70. The van der Waals surface area contributed by atoms with Crippen molar-refractivity contribution < 1.29 is 9.53 Å². The summed E-state index contributed by atoms with van der Waals surface area (Å²) in [6.07, 6.45) is 8.70. The van der Waals surface area contributed by atoms with Crippen LogP contribution in [0.2, 0.25) is 0 Å². The van der Waals surface area contributed by atoms with Crippen molar-refractivity contribution in [2.75, 3.05) is 33.3 Å². The number of ether oxygens (including phenoxy) is 1. The molecule has 1 atom stereocenters. The van der Waals surface area contributed by atoms with Gasteiger partial charge in [-0.2, -0.15) is 0 Å². The van der Waals surface area contributed by atoms with Gasteiger partial charge in [-0.1, -0.05) is 0 Å². The van der Waals surface area contributed by atoms with Gasteiger partial charge in [0.1, 0.15) is 5.75 Å². The Balaban J connectivity index is 1.41. The van der Waals surface area contributed by atoms with E-state index in [2.05, 4.69) is 14.8 Å². The number of pyridine rings is 1. The van der Waals surface area contributed by atoms with Gasteiger partial charge in [-0.3, -0.25) is 14.7 Å². The molecule has 1 saturated carbocycles. The Morgan fingerprint density at radius 3 is 3.00 bits per heavy atom. The minimum atomic E-state index is 0.292. The van der Waals surface area contributed by atoms with Crippen molar-refractivity contribution in [3.63, 3.8) is 0 Å². The van der Waals surface area contributed by atoms with Crippen molar-refractivity contribution in [1.82, 2.24) is 14.8 Å². The lowest BCUT2D eigenvalue weighted by molar-refractivity contribution is -0.139. The van der Waals surface area contributed by atoms with Crippen molar-refractivity contribution in [3.8, 4) is 5.75 Å². The zero-order chi connectivity index (χ0) is 17.3.